The Balaban J connectivity index is 1.37. The highest BCUT2D eigenvalue weighted by atomic mass is 16.3. The predicted molar refractivity (Wildman–Crippen MR) is 161 cm³/mol. The standard InChI is InChI=1S/C32H30N4O8/c1-36(2)24-18-13-16-12-15-10-11-20(35-31(43)34-19-9-5-7-14-6-3-4-8-17(14)19)25(37)21(15)26(38)22(16)28(40)32(18,44)29(41)23(27(24)39)30(33)42/h3-11,16,18,24,37-38,41,44H,12-13H2,1-2H3,(H2,33,42)(H2,34,35,43)/t16-,18+,24+,32+/m1/s1. The molecule has 12 nitrogen and oxygen atoms in total. The van der Waals surface area contributed by atoms with E-state index in [4.69, 9.17) is 5.73 Å². The van der Waals surface area contributed by atoms with Gasteiger partial charge >= 0.3 is 6.03 Å². The van der Waals surface area contributed by atoms with Crippen LogP contribution in [-0.2, 0) is 20.8 Å². The van der Waals surface area contributed by atoms with Gasteiger partial charge in [0.1, 0.15) is 22.8 Å². The number of benzene rings is 3. The summed E-state index contributed by atoms with van der Waals surface area (Å²) < 4.78 is 0. The smallest absolute Gasteiger partial charge is 0.323 e. The molecule has 0 saturated heterocycles. The summed E-state index contributed by atoms with van der Waals surface area (Å²) in [5.74, 6) is -7.38. The molecule has 3 aromatic carbocycles. The molecular weight excluding hydrogens is 568 g/mol. The number of Topliss-reactive ketones (excluding diaryl/α,β-unsaturated/α-hetero) is 2. The average molecular weight is 599 g/mol. The second-order valence-corrected chi connectivity index (χ2v) is 11.6. The van der Waals surface area contributed by atoms with E-state index in [1.165, 1.54) is 25.1 Å². The quantitative estimate of drug-likeness (QED) is 0.174. The van der Waals surface area contributed by atoms with Crippen molar-refractivity contribution in [2.24, 2.45) is 17.6 Å². The Morgan fingerprint density at radius 3 is 2.34 bits per heavy atom. The lowest BCUT2D eigenvalue weighted by Gasteiger charge is -2.50. The van der Waals surface area contributed by atoms with Crippen molar-refractivity contribution in [1.29, 1.82) is 0 Å². The molecule has 12 heteroatoms. The first kappa shape index (κ1) is 28.9. The fourth-order valence-electron chi connectivity index (χ4n) is 6.93. The number of carbonyl (C=O) groups is 4. The van der Waals surface area contributed by atoms with Crippen molar-refractivity contribution in [2.45, 2.75) is 24.5 Å². The molecule has 3 aliphatic carbocycles. The Morgan fingerprint density at radius 2 is 1.64 bits per heavy atom. The lowest BCUT2D eigenvalue weighted by molar-refractivity contribution is -0.153. The lowest BCUT2D eigenvalue weighted by Crippen LogP contribution is -2.65. The van der Waals surface area contributed by atoms with E-state index in [-0.39, 0.29) is 29.7 Å². The van der Waals surface area contributed by atoms with Crippen molar-refractivity contribution in [3.63, 3.8) is 0 Å². The first-order chi connectivity index (χ1) is 20.9. The highest BCUT2D eigenvalue weighted by Crippen LogP contribution is 2.53. The number of likely N-dealkylation sites (N-methyl/N-ethyl adjacent to an activating group) is 1. The maximum Gasteiger partial charge on any atom is 0.323 e. The molecule has 0 spiro atoms. The van der Waals surface area contributed by atoms with Gasteiger partial charge in [-0.3, -0.25) is 19.3 Å². The number of anilines is 2. The fraction of sp³-hybridized carbons (Fsp3) is 0.250. The number of carbonyl (C=O) groups excluding carboxylic acids is 4. The van der Waals surface area contributed by atoms with Crippen LogP contribution in [0.2, 0.25) is 0 Å². The summed E-state index contributed by atoms with van der Waals surface area (Å²) in [5, 5.41) is 52.3. The highest BCUT2D eigenvalue weighted by Gasteiger charge is 2.64. The number of nitrogens with one attached hydrogen (secondary N) is 2. The minimum atomic E-state index is -2.73. The minimum Gasteiger partial charge on any atom is -0.508 e. The van der Waals surface area contributed by atoms with Crippen molar-refractivity contribution >= 4 is 51.4 Å². The summed E-state index contributed by atoms with van der Waals surface area (Å²) in [5.41, 5.74) is 2.31. The van der Waals surface area contributed by atoms with Crippen LogP contribution in [-0.4, -0.2) is 74.6 Å². The molecule has 3 aliphatic rings. The second-order valence-electron chi connectivity index (χ2n) is 11.6. The molecule has 1 fully saturated rings. The van der Waals surface area contributed by atoms with Gasteiger partial charge in [0, 0.05) is 16.9 Å². The van der Waals surface area contributed by atoms with Gasteiger partial charge in [0.05, 0.1) is 23.0 Å². The van der Waals surface area contributed by atoms with Gasteiger partial charge in [-0.25, -0.2) is 4.79 Å². The fourth-order valence-corrected chi connectivity index (χ4v) is 6.93. The van der Waals surface area contributed by atoms with Crippen LogP contribution < -0.4 is 16.4 Å². The molecule has 0 aliphatic heterocycles. The van der Waals surface area contributed by atoms with E-state index < -0.39 is 69.8 Å². The number of urea groups is 1. The van der Waals surface area contributed by atoms with Crippen molar-refractivity contribution in [2.75, 3.05) is 24.7 Å². The normalized spacial score (nSPS) is 24.6. The molecule has 0 unspecified atom stereocenters. The van der Waals surface area contributed by atoms with Gasteiger partial charge in [-0.15, -0.1) is 0 Å². The summed E-state index contributed by atoms with van der Waals surface area (Å²) in [6.07, 6.45) is 0.130. The Bertz CT molecular complexity index is 1860. The predicted octanol–water partition coefficient (Wildman–Crippen LogP) is 2.76. The van der Waals surface area contributed by atoms with Crippen LogP contribution in [0, 0.1) is 11.8 Å². The summed E-state index contributed by atoms with van der Waals surface area (Å²) in [6, 6.07) is 14.1. The second kappa shape index (κ2) is 10.2. The zero-order chi connectivity index (χ0) is 31.7. The third kappa shape index (κ3) is 4.13. The van der Waals surface area contributed by atoms with E-state index in [2.05, 4.69) is 10.6 Å². The summed E-state index contributed by atoms with van der Waals surface area (Å²) in [6.45, 7) is 0. The third-order valence-electron chi connectivity index (χ3n) is 8.88. The zero-order valence-corrected chi connectivity index (χ0v) is 23.8. The number of aromatic hydroxyl groups is 1. The van der Waals surface area contributed by atoms with E-state index >= 15 is 0 Å². The third-order valence-corrected chi connectivity index (χ3v) is 8.88. The number of primary amides is 1. The van der Waals surface area contributed by atoms with Crippen LogP contribution in [0.3, 0.4) is 0 Å². The summed E-state index contributed by atoms with van der Waals surface area (Å²) >= 11 is 0. The minimum absolute atomic E-state index is 0.0139. The summed E-state index contributed by atoms with van der Waals surface area (Å²) in [7, 11) is 3.08. The monoisotopic (exact) mass is 598 g/mol. The van der Waals surface area contributed by atoms with Gasteiger partial charge in [-0.1, -0.05) is 42.5 Å². The molecule has 6 rings (SSSR count). The number of nitrogens with zero attached hydrogens (tertiary/aromatic N) is 1. The molecule has 44 heavy (non-hydrogen) atoms. The van der Waals surface area contributed by atoms with Gasteiger partial charge < -0.3 is 36.8 Å². The maximum absolute atomic E-state index is 14.0. The van der Waals surface area contributed by atoms with Crippen LogP contribution in [0.15, 0.2) is 71.5 Å². The SMILES string of the molecule is CN(C)[C@@H]1C(=O)C(C(N)=O)=C(O)[C@@]2(O)C(=O)C3=C(O)c4c(ccc(NC(=O)Nc5cccc6ccccc56)c4O)C[C@@H]3C[C@@H]12. The maximum atomic E-state index is 14.0. The largest absolute Gasteiger partial charge is 0.508 e. The molecule has 3 amide bonds. The van der Waals surface area contributed by atoms with Gasteiger partial charge in [0.25, 0.3) is 5.91 Å². The molecule has 0 aromatic heterocycles. The summed E-state index contributed by atoms with van der Waals surface area (Å²) in [4.78, 5) is 53.7. The molecule has 0 heterocycles. The lowest BCUT2D eigenvalue weighted by atomic mass is 9.57. The molecule has 0 radical (unpaired) electrons. The molecule has 226 valence electrons. The molecule has 0 bridgehead atoms. The number of phenols is 1. The number of phenolic OH excluding ortho intramolecular Hbond substituents is 1. The van der Waals surface area contributed by atoms with Crippen LogP contribution in [0.1, 0.15) is 17.5 Å². The van der Waals surface area contributed by atoms with Crippen molar-refractivity contribution in [1.82, 2.24) is 4.90 Å². The van der Waals surface area contributed by atoms with Gasteiger partial charge in [-0.05, 0) is 55.9 Å². The number of fused-ring (bicyclic) bond motifs is 4. The van der Waals surface area contributed by atoms with Crippen LogP contribution >= 0.6 is 0 Å². The first-order valence-electron chi connectivity index (χ1n) is 13.9. The van der Waals surface area contributed by atoms with Crippen molar-refractivity contribution in [3.05, 3.63) is 82.6 Å². The number of amides is 3. The van der Waals surface area contributed by atoms with Crippen molar-refractivity contribution in [3.8, 4) is 5.75 Å². The van der Waals surface area contributed by atoms with Crippen molar-refractivity contribution < 1.29 is 39.6 Å². The Labute approximate surface area is 251 Å². The average Bonchev–Trinajstić information content (AvgIpc) is 2.96. The number of aliphatic hydroxyl groups is 3. The van der Waals surface area contributed by atoms with Crippen LogP contribution in [0.25, 0.3) is 16.5 Å². The topological polar surface area (TPSA) is 203 Å². The number of hydrogen-bond acceptors (Lipinski definition) is 9. The first-order valence-corrected chi connectivity index (χ1v) is 13.9. The Hall–Kier alpha value is -5.20. The van der Waals surface area contributed by atoms with Crippen LogP contribution in [0.5, 0.6) is 5.75 Å². The zero-order valence-electron chi connectivity index (χ0n) is 23.8. The highest BCUT2D eigenvalue weighted by molar-refractivity contribution is 6.24. The number of rotatable bonds is 4. The Morgan fingerprint density at radius 1 is 0.955 bits per heavy atom. The van der Waals surface area contributed by atoms with Gasteiger partial charge in [-0.2, -0.15) is 0 Å². The molecule has 8 N–H and O–H groups in total. The number of nitrogens with two attached hydrogens (primary N) is 1. The van der Waals surface area contributed by atoms with Gasteiger partial charge in [0.15, 0.2) is 11.4 Å². The van der Waals surface area contributed by atoms with Gasteiger partial charge in [0.2, 0.25) is 5.78 Å². The number of hydrogen-bond donors (Lipinski definition) is 7. The van der Waals surface area contributed by atoms with E-state index in [1.807, 2.05) is 30.3 Å². The molecule has 1 saturated carbocycles. The molecule has 3 aromatic rings. The number of ketones is 2. The van der Waals surface area contributed by atoms with E-state index in [9.17, 15) is 39.6 Å². The van der Waals surface area contributed by atoms with Crippen LogP contribution in [0.4, 0.5) is 16.2 Å². The molecule has 4 atom stereocenters. The van der Waals surface area contributed by atoms with E-state index in [1.54, 1.807) is 18.2 Å². The molecular formula is C32H30N4O8. The Kier molecular flexibility index (Phi) is 6.71. The van der Waals surface area contributed by atoms with E-state index in [0.717, 1.165) is 10.8 Å². The van der Waals surface area contributed by atoms with E-state index in [0.29, 0.717) is 11.3 Å². The number of aliphatic hydroxyl groups excluding tert-OH is 2.